The Labute approximate surface area is 114 Å². The molecule has 0 aliphatic heterocycles. The number of hydrogen-bond donors (Lipinski definition) is 2. The summed E-state index contributed by atoms with van der Waals surface area (Å²) in [7, 11) is 0. The first-order valence-corrected chi connectivity index (χ1v) is 7.69. The van der Waals surface area contributed by atoms with E-state index in [0.717, 1.165) is 6.54 Å². The highest BCUT2D eigenvalue weighted by molar-refractivity contribution is 7.09. The molecule has 1 rings (SSSR count). The molecule has 0 aliphatic carbocycles. The molecule has 3 nitrogen and oxygen atoms in total. The van der Waals surface area contributed by atoms with E-state index in [0.29, 0.717) is 19.8 Å². The average Bonchev–Trinajstić information content (AvgIpc) is 2.87. The smallest absolute Gasteiger partial charge is 0.0897 e. The Balaban J connectivity index is 1.89. The highest BCUT2D eigenvalue weighted by Crippen LogP contribution is 2.09. The van der Waals surface area contributed by atoms with Gasteiger partial charge in [0.1, 0.15) is 0 Å². The summed E-state index contributed by atoms with van der Waals surface area (Å²) in [6.07, 6.45) is 4.62. The zero-order valence-electron chi connectivity index (χ0n) is 11.2. The van der Waals surface area contributed by atoms with E-state index in [-0.39, 0.29) is 0 Å². The first kappa shape index (κ1) is 15.6. The van der Waals surface area contributed by atoms with Crippen molar-refractivity contribution in [3.05, 3.63) is 22.4 Å². The maximum atomic E-state index is 9.70. The van der Waals surface area contributed by atoms with Crippen LogP contribution in [-0.2, 0) is 11.3 Å². The molecular weight excluding hydrogens is 246 g/mol. The van der Waals surface area contributed by atoms with E-state index in [1.54, 1.807) is 11.3 Å². The fourth-order valence-electron chi connectivity index (χ4n) is 1.69. The van der Waals surface area contributed by atoms with E-state index >= 15 is 0 Å². The second-order valence-electron chi connectivity index (χ2n) is 4.51. The van der Waals surface area contributed by atoms with E-state index in [9.17, 15) is 5.11 Å². The Bertz CT molecular complexity index is 277. The van der Waals surface area contributed by atoms with Crippen LogP contribution in [0, 0.1) is 0 Å². The van der Waals surface area contributed by atoms with Crippen LogP contribution < -0.4 is 5.32 Å². The molecule has 1 unspecified atom stereocenters. The third-order valence-corrected chi connectivity index (χ3v) is 3.57. The molecule has 4 heteroatoms. The van der Waals surface area contributed by atoms with Gasteiger partial charge in [0.15, 0.2) is 0 Å². The molecule has 0 saturated carbocycles. The fourth-order valence-corrected chi connectivity index (χ4v) is 2.34. The second-order valence-corrected chi connectivity index (χ2v) is 5.55. The molecule has 1 aromatic heterocycles. The van der Waals surface area contributed by atoms with Crippen LogP contribution in [0.2, 0.25) is 0 Å². The summed E-state index contributed by atoms with van der Waals surface area (Å²) in [5.74, 6) is 0. The molecular formula is C14H25NO2S. The van der Waals surface area contributed by atoms with Crippen molar-refractivity contribution in [1.29, 1.82) is 0 Å². The molecule has 0 saturated heterocycles. The van der Waals surface area contributed by atoms with Crippen molar-refractivity contribution in [3.8, 4) is 0 Å². The molecule has 104 valence electrons. The third-order valence-electron chi connectivity index (χ3n) is 2.72. The number of hydrogen-bond acceptors (Lipinski definition) is 4. The highest BCUT2D eigenvalue weighted by Gasteiger charge is 2.03. The Morgan fingerprint density at radius 1 is 1.39 bits per heavy atom. The number of thiophene rings is 1. The van der Waals surface area contributed by atoms with Crippen molar-refractivity contribution in [2.45, 2.75) is 45.3 Å². The zero-order valence-corrected chi connectivity index (χ0v) is 12.0. The van der Waals surface area contributed by atoms with Gasteiger partial charge in [0.2, 0.25) is 0 Å². The molecule has 1 heterocycles. The molecule has 1 aromatic rings. The van der Waals surface area contributed by atoms with Crippen LogP contribution in [0.1, 0.15) is 37.5 Å². The Morgan fingerprint density at radius 2 is 2.28 bits per heavy atom. The van der Waals surface area contributed by atoms with Crippen LogP contribution in [0.4, 0.5) is 0 Å². The maximum absolute atomic E-state index is 9.70. The summed E-state index contributed by atoms with van der Waals surface area (Å²) in [4.78, 5) is 1.20. The lowest BCUT2D eigenvalue weighted by Crippen LogP contribution is -2.30. The summed E-state index contributed by atoms with van der Waals surface area (Å²) in [6, 6.07) is 4.06. The van der Waals surface area contributed by atoms with Crippen molar-refractivity contribution in [3.63, 3.8) is 0 Å². The van der Waals surface area contributed by atoms with Gasteiger partial charge in [0.25, 0.3) is 0 Å². The lowest BCUT2D eigenvalue weighted by atomic mass is 10.2. The molecule has 2 N–H and O–H groups in total. The van der Waals surface area contributed by atoms with Gasteiger partial charge in [-0.2, -0.15) is 0 Å². The number of aliphatic hydroxyl groups excluding tert-OH is 1. The minimum atomic E-state index is -0.406. The molecule has 0 fully saturated rings. The Morgan fingerprint density at radius 3 is 3.00 bits per heavy atom. The lowest BCUT2D eigenvalue weighted by molar-refractivity contribution is 0.0299. The summed E-state index contributed by atoms with van der Waals surface area (Å²) in [5.41, 5.74) is 0. The van der Waals surface area contributed by atoms with Crippen molar-refractivity contribution in [2.75, 3.05) is 19.7 Å². The number of rotatable bonds is 11. The topological polar surface area (TPSA) is 41.5 Å². The van der Waals surface area contributed by atoms with Crippen LogP contribution in [-0.4, -0.2) is 30.9 Å². The molecule has 0 spiro atoms. The molecule has 18 heavy (non-hydrogen) atoms. The van der Waals surface area contributed by atoms with E-state index < -0.39 is 6.10 Å². The minimum absolute atomic E-state index is 0.403. The van der Waals surface area contributed by atoms with Gasteiger partial charge in [0, 0.05) is 11.4 Å². The van der Waals surface area contributed by atoms with Gasteiger partial charge < -0.3 is 15.2 Å². The van der Waals surface area contributed by atoms with Crippen LogP contribution in [0.3, 0.4) is 0 Å². The fraction of sp³-hybridized carbons (Fsp3) is 0.714. The second kappa shape index (κ2) is 10.5. The van der Waals surface area contributed by atoms with Gasteiger partial charge in [-0.3, -0.25) is 0 Å². The molecule has 0 bridgehead atoms. The number of ether oxygens (including phenoxy) is 1. The molecule has 0 aliphatic rings. The van der Waals surface area contributed by atoms with Gasteiger partial charge in [0.05, 0.1) is 19.3 Å². The Kier molecular flexibility index (Phi) is 9.12. The normalized spacial score (nSPS) is 12.8. The number of aliphatic hydroxyl groups is 1. The SMILES string of the molecule is CCCCCCNCC(O)COCc1cccs1. The number of unbranched alkanes of at least 4 members (excludes halogenated alkanes) is 3. The van der Waals surface area contributed by atoms with E-state index in [1.807, 2.05) is 17.5 Å². The van der Waals surface area contributed by atoms with Crippen LogP contribution in [0.25, 0.3) is 0 Å². The van der Waals surface area contributed by atoms with Crippen LogP contribution >= 0.6 is 11.3 Å². The first-order chi connectivity index (χ1) is 8.83. The van der Waals surface area contributed by atoms with Gasteiger partial charge >= 0.3 is 0 Å². The first-order valence-electron chi connectivity index (χ1n) is 6.81. The standard InChI is InChI=1S/C14H25NO2S/c1-2-3-4-5-8-15-10-13(16)11-17-12-14-7-6-9-18-14/h6-7,9,13,15-16H,2-5,8,10-12H2,1H3. The van der Waals surface area contributed by atoms with Crippen molar-refractivity contribution in [1.82, 2.24) is 5.32 Å². The van der Waals surface area contributed by atoms with Gasteiger partial charge in [-0.1, -0.05) is 32.3 Å². The number of nitrogens with one attached hydrogen (secondary N) is 1. The summed E-state index contributed by atoms with van der Waals surface area (Å²) >= 11 is 1.68. The third kappa shape index (κ3) is 7.82. The molecule has 0 radical (unpaired) electrons. The summed E-state index contributed by atoms with van der Waals surface area (Å²) in [6.45, 7) is 4.83. The maximum Gasteiger partial charge on any atom is 0.0897 e. The average molecular weight is 271 g/mol. The van der Waals surface area contributed by atoms with Crippen LogP contribution in [0.5, 0.6) is 0 Å². The summed E-state index contributed by atoms with van der Waals surface area (Å²) in [5, 5.41) is 15.0. The predicted molar refractivity (Wildman–Crippen MR) is 77.0 cm³/mol. The van der Waals surface area contributed by atoms with Crippen molar-refractivity contribution in [2.24, 2.45) is 0 Å². The van der Waals surface area contributed by atoms with E-state index in [4.69, 9.17) is 4.74 Å². The van der Waals surface area contributed by atoms with Gasteiger partial charge in [-0.25, -0.2) is 0 Å². The monoisotopic (exact) mass is 271 g/mol. The Hall–Kier alpha value is -0.420. The van der Waals surface area contributed by atoms with E-state index in [2.05, 4.69) is 12.2 Å². The highest BCUT2D eigenvalue weighted by atomic mass is 32.1. The molecule has 1 atom stereocenters. The van der Waals surface area contributed by atoms with Gasteiger partial charge in [-0.05, 0) is 24.4 Å². The van der Waals surface area contributed by atoms with Crippen LogP contribution in [0.15, 0.2) is 17.5 Å². The molecule has 0 aromatic carbocycles. The predicted octanol–water partition coefficient (Wildman–Crippen LogP) is 2.80. The quantitative estimate of drug-likeness (QED) is 0.608. The lowest BCUT2D eigenvalue weighted by Gasteiger charge is -2.12. The molecule has 0 amide bonds. The van der Waals surface area contributed by atoms with Crippen molar-refractivity contribution >= 4 is 11.3 Å². The zero-order chi connectivity index (χ0) is 13.1. The van der Waals surface area contributed by atoms with Crippen molar-refractivity contribution < 1.29 is 9.84 Å². The largest absolute Gasteiger partial charge is 0.389 e. The van der Waals surface area contributed by atoms with Gasteiger partial charge in [-0.15, -0.1) is 11.3 Å². The summed E-state index contributed by atoms with van der Waals surface area (Å²) < 4.78 is 5.46. The van der Waals surface area contributed by atoms with E-state index in [1.165, 1.54) is 30.6 Å². The minimum Gasteiger partial charge on any atom is -0.389 e.